The molecule has 0 amide bonds. The fourth-order valence-electron chi connectivity index (χ4n) is 0.955. The van der Waals surface area contributed by atoms with Gasteiger partial charge in [0.2, 0.25) is 0 Å². The maximum atomic E-state index is 11.7. The van der Waals surface area contributed by atoms with Gasteiger partial charge in [-0.25, -0.2) is 8.78 Å². The number of hydrogen-bond acceptors (Lipinski definition) is 3. The standard InChI is InChI=1S/C8H17F2NO2/c1-3-11-7(4-12-2)5-13-6-8(9)10/h7-8,11H,3-6H2,1-2H3. The van der Waals surface area contributed by atoms with Crippen LogP contribution in [0.4, 0.5) is 8.78 Å². The van der Waals surface area contributed by atoms with Crippen molar-refractivity contribution in [2.24, 2.45) is 0 Å². The summed E-state index contributed by atoms with van der Waals surface area (Å²) in [7, 11) is 1.57. The third-order valence-corrected chi connectivity index (χ3v) is 1.42. The van der Waals surface area contributed by atoms with Gasteiger partial charge in [-0.3, -0.25) is 0 Å². The van der Waals surface area contributed by atoms with Crippen LogP contribution in [0.1, 0.15) is 6.92 Å². The van der Waals surface area contributed by atoms with Crippen molar-refractivity contribution in [3.63, 3.8) is 0 Å². The maximum Gasteiger partial charge on any atom is 0.261 e. The normalized spacial score (nSPS) is 13.6. The van der Waals surface area contributed by atoms with Crippen LogP contribution < -0.4 is 5.32 Å². The van der Waals surface area contributed by atoms with E-state index in [9.17, 15) is 8.78 Å². The van der Waals surface area contributed by atoms with Crippen molar-refractivity contribution in [2.45, 2.75) is 19.4 Å². The van der Waals surface area contributed by atoms with E-state index in [1.807, 2.05) is 6.92 Å². The average Bonchev–Trinajstić information content (AvgIpc) is 2.04. The Hall–Kier alpha value is -0.260. The van der Waals surface area contributed by atoms with Gasteiger partial charge in [-0.2, -0.15) is 0 Å². The van der Waals surface area contributed by atoms with Crippen LogP contribution in [0.25, 0.3) is 0 Å². The quantitative estimate of drug-likeness (QED) is 0.627. The molecule has 0 aliphatic heterocycles. The number of ether oxygens (including phenoxy) is 2. The molecule has 0 fully saturated rings. The zero-order chi connectivity index (χ0) is 10.1. The molecule has 1 N–H and O–H groups in total. The highest BCUT2D eigenvalue weighted by Crippen LogP contribution is 1.94. The van der Waals surface area contributed by atoms with Gasteiger partial charge in [0.15, 0.2) is 0 Å². The highest BCUT2D eigenvalue weighted by molar-refractivity contribution is 4.63. The number of rotatable bonds is 8. The first-order valence-corrected chi connectivity index (χ1v) is 4.28. The van der Waals surface area contributed by atoms with Crippen LogP contribution in [-0.2, 0) is 9.47 Å². The molecule has 0 aliphatic rings. The fourth-order valence-corrected chi connectivity index (χ4v) is 0.955. The summed E-state index contributed by atoms with van der Waals surface area (Å²) in [6.45, 7) is 2.93. The molecule has 1 unspecified atom stereocenters. The van der Waals surface area contributed by atoms with Crippen molar-refractivity contribution < 1.29 is 18.3 Å². The second-order valence-electron chi connectivity index (χ2n) is 2.64. The number of alkyl halides is 2. The van der Waals surface area contributed by atoms with Gasteiger partial charge < -0.3 is 14.8 Å². The van der Waals surface area contributed by atoms with Gasteiger partial charge in [0.05, 0.1) is 19.3 Å². The molecule has 0 aromatic rings. The van der Waals surface area contributed by atoms with Gasteiger partial charge in [0.1, 0.15) is 6.61 Å². The first-order chi connectivity index (χ1) is 6.20. The van der Waals surface area contributed by atoms with Crippen molar-refractivity contribution >= 4 is 0 Å². The average molecular weight is 197 g/mol. The number of likely N-dealkylation sites (N-methyl/N-ethyl adjacent to an activating group) is 1. The van der Waals surface area contributed by atoms with E-state index in [-0.39, 0.29) is 12.6 Å². The molecule has 0 spiro atoms. The van der Waals surface area contributed by atoms with Gasteiger partial charge in [-0.05, 0) is 6.54 Å². The Morgan fingerprint density at radius 3 is 2.38 bits per heavy atom. The largest absolute Gasteiger partial charge is 0.383 e. The topological polar surface area (TPSA) is 30.5 Å². The van der Waals surface area contributed by atoms with E-state index in [1.165, 1.54) is 0 Å². The van der Waals surface area contributed by atoms with Crippen molar-refractivity contribution in [3.8, 4) is 0 Å². The molecule has 0 bridgehead atoms. The van der Waals surface area contributed by atoms with E-state index in [1.54, 1.807) is 7.11 Å². The molecular weight excluding hydrogens is 180 g/mol. The molecule has 0 saturated heterocycles. The first kappa shape index (κ1) is 12.7. The predicted octanol–water partition coefficient (Wildman–Crippen LogP) is 0.893. The maximum absolute atomic E-state index is 11.7. The summed E-state index contributed by atoms with van der Waals surface area (Å²) in [4.78, 5) is 0. The number of hydrogen-bond donors (Lipinski definition) is 1. The van der Waals surface area contributed by atoms with Crippen LogP contribution in [0.5, 0.6) is 0 Å². The Morgan fingerprint density at radius 1 is 1.23 bits per heavy atom. The first-order valence-electron chi connectivity index (χ1n) is 4.28. The highest BCUT2D eigenvalue weighted by atomic mass is 19.3. The van der Waals surface area contributed by atoms with Crippen LogP contribution in [0.3, 0.4) is 0 Å². The van der Waals surface area contributed by atoms with Crippen LogP contribution in [0.2, 0.25) is 0 Å². The van der Waals surface area contributed by atoms with Gasteiger partial charge in [0, 0.05) is 7.11 Å². The van der Waals surface area contributed by atoms with Gasteiger partial charge in [-0.1, -0.05) is 6.92 Å². The third kappa shape index (κ3) is 8.08. The molecule has 3 nitrogen and oxygen atoms in total. The third-order valence-electron chi connectivity index (χ3n) is 1.42. The van der Waals surface area contributed by atoms with E-state index in [0.29, 0.717) is 6.61 Å². The zero-order valence-corrected chi connectivity index (χ0v) is 8.06. The van der Waals surface area contributed by atoms with Gasteiger partial charge in [0.25, 0.3) is 6.43 Å². The lowest BCUT2D eigenvalue weighted by molar-refractivity contribution is 0.000854. The number of nitrogens with one attached hydrogen (secondary N) is 1. The fraction of sp³-hybridized carbons (Fsp3) is 1.00. The molecule has 0 aromatic heterocycles. The van der Waals surface area contributed by atoms with Gasteiger partial charge in [-0.15, -0.1) is 0 Å². The minimum absolute atomic E-state index is 0.00579. The van der Waals surface area contributed by atoms with Crippen molar-refractivity contribution in [2.75, 3.05) is 33.5 Å². The number of halogens is 2. The van der Waals surface area contributed by atoms with Crippen LogP contribution >= 0.6 is 0 Å². The van der Waals surface area contributed by atoms with Crippen molar-refractivity contribution in [3.05, 3.63) is 0 Å². The second-order valence-corrected chi connectivity index (χ2v) is 2.64. The minimum Gasteiger partial charge on any atom is -0.383 e. The highest BCUT2D eigenvalue weighted by Gasteiger charge is 2.08. The molecule has 80 valence electrons. The van der Waals surface area contributed by atoms with Crippen molar-refractivity contribution in [1.29, 1.82) is 0 Å². The monoisotopic (exact) mass is 197 g/mol. The summed E-state index contributed by atoms with van der Waals surface area (Å²) in [5.41, 5.74) is 0. The Kier molecular flexibility index (Phi) is 8.18. The molecule has 0 saturated carbocycles. The number of methoxy groups -OCH3 is 1. The van der Waals surface area contributed by atoms with E-state index in [4.69, 9.17) is 9.47 Å². The predicted molar refractivity (Wildman–Crippen MR) is 46.2 cm³/mol. The molecule has 1 atom stereocenters. The minimum atomic E-state index is -2.40. The Balaban J connectivity index is 3.44. The van der Waals surface area contributed by atoms with Crippen molar-refractivity contribution in [1.82, 2.24) is 5.32 Å². The molecule has 0 radical (unpaired) electrons. The molecule has 0 rings (SSSR count). The lowest BCUT2D eigenvalue weighted by Gasteiger charge is -2.16. The summed E-state index contributed by atoms with van der Waals surface area (Å²) in [6, 6.07) is -0.00579. The summed E-state index contributed by atoms with van der Waals surface area (Å²) in [5, 5.41) is 3.06. The zero-order valence-electron chi connectivity index (χ0n) is 8.06. The molecular formula is C8H17F2NO2. The van der Waals surface area contributed by atoms with E-state index < -0.39 is 13.0 Å². The SMILES string of the molecule is CCNC(COC)COCC(F)F. The lowest BCUT2D eigenvalue weighted by atomic mass is 10.3. The Bertz CT molecular complexity index is 108. The molecule has 13 heavy (non-hydrogen) atoms. The van der Waals surface area contributed by atoms with E-state index >= 15 is 0 Å². The smallest absolute Gasteiger partial charge is 0.261 e. The molecule has 0 aliphatic carbocycles. The Morgan fingerprint density at radius 2 is 1.92 bits per heavy atom. The second kappa shape index (κ2) is 8.34. The molecule has 0 aromatic carbocycles. The van der Waals surface area contributed by atoms with Crippen LogP contribution in [0, 0.1) is 0 Å². The lowest BCUT2D eigenvalue weighted by Crippen LogP contribution is -2.37. The summed E-state index contributed by atoms with van der Waals surface area (Å²) in [5.74, 6) is 0. The Labute approximate surface area is 77.4 Å². The summed E-state index contributed by atoms with van der Waals surface area (Å²) < 4.78 is 33.0. The summed E-state index contributed by atoms with van der Waals surface area (Å²) in [6.07, 6.45) is -2.40. The van der Waals surface area contributed by atoms with Crippen LogP contribution in [0.15, 0.2) is 0 Å². The van der Waals surface area contributed by atoms with Gasteiger partial charge >= 0.3 is 0 Å². The van der Waals surface area contributed by atoms with E-state index in [2.05, 4.69) is 5.32 Å². The molecule has 0 heterocycles. The molecule has 5 heteroatoms. The van der Waals surface area contributed by atoms with Crippen LogP contribution in [-0.4, -0.2) is 45.9 Å². The van der Waals surface area contributed by atoms with E-state index in [0.717, 1.165) is 6.54 Å². The summed E-state index contributed by atoms with van der Waals surface area (Å²) >= 11 is 0.